The first-order valence-electron chi connectivity index (χ1n) is 10.6. The second-order valence-electron chi connectivity index (χ2n) is 7.46. The smallest absolute Gasteiger partial charge is 0.337 e. The van der Waals surface area contributed by atoms with Crippen molar-refractivity contribution in [1.82, 2.24) is 8.87 Å². The molecule has 0 saturated carbocycles. The molecule has 3 aromatic rings. The molecule has 8 nitrogen and oxygen atoms in total. The van der Waals surface area contributed by atoms with E-state index in [0.29, 0.717) is 29.0 Å². The Balaban J connectivity index is 1.91. The van der Waals surface area contributed by atoms with Crippen molar-refractivity contribution in [2.24, 2.45) is 12.0 Å². The lowest BCUT2D eigenvalue weighted by atomic mass is 10.2. The van der Waals surface area contributed by atoms with E-state index in [1.54, 1.807) is 29.8 Å². The van der Waals surface area contributed by atoms with Crippen LogP contribution in [-0.4, -0.2) is 49.4 Å². The number of hydrogen-bond acceptors (Lipinski definition) is 6. The first-order chi connectivity index (χ1) is 15.7. The van der Waals surface area contributed by atoms with E-state index in [1.807, 2.05) is 13.8 Å². The zero-order valence-electron chi connectivity index (χ0n) is 19.1. The van der Waals surface area contributed by atoms with E-state index >= 15 is 0 Å². The molecule has 0 spiro atoms. The van der Waals surface area contributed by atoms with Gasteiger partial charge in [0.05, 0.1) is 27.8 Å². The maximum atomic E-state index is 12.9. The molecule has 1 aromatic heterocycles. The summed E-state index contributed by atoms with van der Waals surface area (Å²) in [6, 6.07) is 11.0. The van der Waals surface area contributed by atoms with Crippen molar-refractivity contribution in [1.29, 1.82) is 0 Å². The third kappa shape index (κ3) is 5.23. The zero-order chi connectivity index (χ0) is 24.2. The highest BCUT2D eigenvalue weighted by molar-refractivity contribution is 7.89. The number of benzene rings is 2. The quantitative estimate of drug-likeness (QED) is 0.451. The second-order valence-corrected chi connectivity index (χ2v) is 10.4. The summed E-state index contributed by atoms with van der Waals surface area (Å²) < 4.78 is 34.6. The molecule has 3 rings (SSSR count). The van der Waals surface area contributed by atoms with Gasteiger partial charge in [0.1, 0.15) is 0 Å². The van der Waals surface area contributed by atoms with Crippen LogP contribution in [0.2, 0.25) is 0 Å². The van der Waals surface area contributed by atoms with Gasteiger partial charge in [-0.25, -0.2) is 13.2 Å². The number of carbonyl (C=O) groups excluding carboxylic acids is 2. The van der Waals surface area contributed by atoms with E-state index < -0.39 is 21.9 Å². The van der Waals surface area contributed by atoms with Crippen LogP contribution < -0.4 is 4.80 Å². The molecule has 176 valence electrons. The van der Waals surface area contributed by atoms with Gasteiger partial charge in [0.2, 0.25) is 10.0 Å². The highest BCUT2D eigenvalue weighted by Crippen LogP contribution is 2.20. The Hall–Kier alpha value is -2.82. The number of amides is 1. The van der Waals surface area contributed by atoms with Crippen LogP contribution in [-0.2, 0) is 21.8 Å². The van der Waals surface area contributed by atoms with Crippen molar-refractivity contribution in [2.45, 2.75) is 31.6 Å². The molecule has 0 unspecified atom stereocenters. The van der Waals surface area contributed by atoms with Gasteiger partial charge in [-0.2, -0.15) is 9.30 Å². The third-order valence-corrected chi connectivity index (χ3v) is 8.12. The minimum Gasteiger partial charge on any atom is -0.465 e. The van der Waals surface area contributed by atoms with Crippen LogP contribution in [0.1, 0.15) is 47.4 Å². The molecular formula is C23H27N3O5S2. The Morgan fingerprint density at radius 3 is 2.21 bits per heavy atom. The van der Waals surface area contributed by atoms with Crippen molar-refractivity contribution in [3.63, 3.8) is 0 Å². The Kier molecular flexibility index (Phi) is 7.83. The van der Waals surface area contributed by atoms with Crippen LogP contribution in [0.5, 0.6) is 0 Å². The highest BCUT2D eigenvalue weighted by atomic mass is 32.2. The summed E-state index contributed by atoms with van der Waals surface area (Å²) in [6.45, 7) is 4.77. The number of nitrogens with zero attached hydrogens (tertiary/aromatic N) is 3. The van der Waals surface area contributed by atoms with Gasteiger partial charge in [-0.3, -0.25) is 4.79 Å². The fourth-order valence-corrected chi connectivity index (χ4v) is 6.09. The van der Waals surface area contributed by atoms with Crippen molar-refractivity contribution in [3.05, 3.63) is 58.4 Å². The van der Waals surface area contributed by atoms with Crippen LogP contribution in [0.4, 0.5) is 0 Å². The number of esters is 1. The van der Waals surface area contributed by atoms with Crippen LogP contribution in [0, 0.1) is 0 Å². The molecule has 0 aliphatic heterocycles. The Morgan fingerprint density at radius 2 is 1.64 bits per heavy atom. The molecule has 0 atom stereocenters. The van der Waals surface area contributed by atoms with Gasteiger partial charge in [-0.1, -0.05) is 25.2 Å². The second kappa shape index (κ2) is 10.4. The molecule has 2 aromatic carbocycles. The average molecular weight is 490 g/mol. The van der Waals surface area contributed by atoms with E-state index in [1.165, 1.54) is 47.0 Å². The minimum absolute atomic E-state index is 0.156. The van der Waals surface area contributed by atoms with Gasteiger partial charge in [-0.05, 0) is 55.3 Å². The number of methoxy groups -OCH3 is 1. The molecule has 1 heterocycles. The summed E-state index contributed by atoms with van der Waals surface area (Å²) in [7, 11) is -0.505. The van der Waals surface area contributed by atoms with Crippen molar-refractivity contribution in [3.8, 4) is 0 Å². The molecule has 0 aliphatic carbocycles. The number of thiazole rings is 1. The van der Waals surface area contributed by atoms with E-state index in [2.05, 4.69) is 4.99 Å². The van der Waals surface area contributed by atoms with Crippen LogP contribution in [0.25, 0.3) is 10.2 Å². The molecule has 10 heteroatoms. The fraction of sp³-hybridized carbons (Fsp3) is 0.348. The molecule has 0 saturated heterocycles. The Labute approximate surface area is 197 Å². The lowest BCUT2D eigenvalue weighted by molar-refractivity contribution is 0.0600. The maximum absolute atomic E-state index is 12.9. The summed E-state index contributed by atoms with van der Waals surface area (Å²) in [5, 5.41) is 0. The van der Waals surface area contributed by atoms with Crippen molar-refractivity contribution >= 4 is 43.5 Å². The summed E-state index contributed by atoms with van der Waals surface area (Å²) in [4.78, 5) is 29.4. The van der Waals surface area contributed by atoms with Gasteiger partial charge < -0.3 is 9.30 Å². The highest BCUT2D eigenvalue weighted by Gasteiger charge is 2.23. The molecule has 33 heavy (non-hydrogen) atoms. The number of aromatic nitrogens is 1. The summed E-state index contributed by atoms with van der Waals surface area (Å²) in [5.74, 6) is -0.915. The molecule has 1 amide bonds. The summed E-state index contributed by atoms with van der Waals surface area (Å²) >= 11 is 1.28. The predicted molar refractivity (Wildman–Crippen MR) is 128 cm³/mol. The van der Waals surface area contributed by atoms with Gasteiger partial charge in [0, 0.05) is 25.7 Å². The number of carbonyl (C=O) groups is 2. The maximum Gasteiger partial charge on any atom is 0.337 e. The van der Waals surface area contributed by atoms with Gasteiger partial charge in [-0.15, -0.1) is 0 Å². The molecule has 0 N–H and O–H groups in total. The first kappa shape index (κ1) is 24.8. The zero-order valence-corrected chi connectivity index (χ0v) is 20.7. The summed E-state index contributed by atoms with van der Waals surface area (Å²) in [5.41, 5.74) is 1.54. The Bertz CT molecular complexity index is 1330. The third-order valence-electron chi connectivity index (χ3n) is 5.11. The number of fused-ring (bicyclic) bond motifs is 1. The van der Waals surface area contributed by atoms with Gasteiger partial charge in [0.25, 0.3) is 5.91 Å². The number of ether oxygens (including phenoxy) is 1. The van der Waals surface area contributed by atoms with Gasteiger partial charge >= 0.3 is 5.97 Å². The molecule has 0 aliphatic rings. The fourth-order valence-electron chi connectivity index (χ4n) is 3.41. The largest absolute Gasteiger partial charge is 0.465 e. The SMILES string of the molecule is CCCN(CCC)S(=O)(=O)c1ccc(C(=O)N=c2sc3cc(C(=O)OC)ccc3n2C)cc1. The van der Waals surface area contributed by atoms with Crippen molar-refractivity contribution < 1.29 is 22.7 Å². The summed E-state index contributed by atoms with van der Waals surface area (Å²) in [6.07, 6.45) is 1.45. The average Bonchev–Trinajstić information content (AvgIpc) is 3.12. The topological polar surface area (TPSA) is 98.0 Å². The van der Waals surface area contributed by atoms with E-state index in [9.17, 15) is 18.0 Å². The minimum atomic E-state index is -3.61. The lowest BCUT2D eigenvalue weighted by Gasteiger charge is -2.21. The van der Waals surface area contributed by atoms with Crippen molar-refractivity contribution in [2.75, 3.05) is 20.2 Å². The molecule has 0 radical (unpaired) electrons. The van der Waals surface area contributed by atoms with E-state index in [0.717, 1.165) is 23.1 Å². The molecular weight excluding hydrogens is 462 g/mol. The van der Waals surface area contributed by atoms with Crippen LogP contribution in [0.15, 0.2) is 52.4 Å². The number of aryl methyl sites for hydroxylation is 1. The Morgan fingerprint density at radius 1 is 1.03 bits per heavy atom. The number of sulfonamides is 1. The van der Waals surface area contributed by atoms with Crippen LogP contribution >= 0.6 is 11.3 Å². The van der Waals surface area contributed by atoms with E-state index in [-0.39, 0.29) is 4.90 Å². The number of rotatable bonds is 8. The molecule has 0 bridgehead atoms. The van der Waals surface area contributed by atoms with Gasteiger partial charge in [0.15, 0.2) is 4.80 Å². The first-order valence-corrected chi connectivity index (χ1v) is 12.9. The number of hydrogen-bond donors (Lipinski definition) is 0. The monoisotopic (exact) mass is 489 g/mol. The normalized spacial score (nSPS) is 12.5. The predicted octanol–water partition coefficient (Wildman–Crippen LogP) is 3.58. The van der Waals surface area contributed by atoms with E-state index in [4.69, 9.17) is 4.74 Å². The van der Waals surface area contributed by atoms with Crippen LogP contribution in [0.3, 0.4) is 0 Å². The lowest BCUT2D eigenvalue weighted by Crippen LogP contribution is -2.32. The molecule has 0 fully saturated rings. The standard InChI is InChI=1S/C23H27N3O5S2/c1-5-13-26(14-6-2)33(29,30)18-10-7-16(8-11-18)21(27)24-23-25(3)19-12-9-17(22(28)31-4)15-20(19)32-23/h7-12,15H,5-6,13-14H2,1-4H3.